The van der Waals surface area contributed by atoms with Gasteiger partial charge in [0.25, 0.3) is 5.56 Å². The summed E-state index contributed by atoms with van der Waals surface area (Å²) < 4.78 is 3.29. The van der Waals surface area contributed by atoms with Crippen LogP contribution >= 0.6 is 11.6 Å². The fraction of sp³-hybridized carbons (Fsp3) is 0.267. The number of aryl methyl sites for hydroxylation is 3. The van der Waals surface area contributed by atoms with Crippen molar-refractivity contribution in [1.82, 2.24) is 19.3 Å². The first kappa shape index (κ1) is 14.6. The van der Waals surface area contributed by atoms with Crippen molar-refractivity contribution in [2.75, 3.05) is 5.32 Å². The molecule has 0 aliphatic heterocycles. The number of rotatable bonds is 2. The first-order valence-corrected chi connectivity index (χ1v) is 7.19. The third kappa shape index (κ3) is 2.25. The number of imidazole rings is 1. The van der Waals surface area contributed by atoms with Crippen molar-refractivity contribution in [3.05, 3.63) is 45.1 Å². The number of nitrogens with zero attached hydrogens (tertiary/aromatic N) is 4. The minimum absolute atomic E-state index is 0.140. The van der Waals surface area contributed by atoms with Gasteiger partial charge in [0.05, 0.1) is 33.6 Å². The Labute approximate surface area is 132 Å². The maximum Gasteiger partial charge on any atom is 0.271 e. The molecule has 2 aromatic heterocycles. The van der Waals surface area contributed by atoms with Gasteiger partial charge in [-0.1, -0.05) is 11.6 Å². The zero-order valence-corrected chi connectivity index (χ0v) is 13.6. The molecule has 0 fully saturated rings. The molecule has 6 nitrogen and oxygen atoms in total. The smallest absolute Gasteiger partial charge is 0.271 e. The summed E-state index contributed by atoms with van der Waals surface area (Å²) in [5.41, 5.74) is 3.63. The van der Waals surface area contributed by atoms with Crippen LogP contribution in [0.1, 0.15) is 11.4 Å². The molecule has 0 aliphatic carbocycles. The number of aromatic nitrogens is 4. The average Bonchev–Trinajstić information content (AvgIpc) is 2.75. The monoisotopic (exact) mass is 317 g/mol. The standard InChI is InChI=1S/C15H16ClN5O/c1-8-13(7-17-21(4)15(8)22)19-11-6-14-12(5-10(11)16)18-9(2)20(14)3/h5-7,19H,1-4H3. The molecule has 0 bridgehead atoms. The van der Waals surface area contributed by atoms with Gasteiger partial charge in [-0.05, 0) is 26.0 Å². The minimum Gasteiger partial charge on any atom is -0.353 e. The minimum atomic E-state index is -0.140. The Bertz CT molecular complexity index is 941. The molecule has 0 spiro atoms. The van der Waals surface area contributed by atoms with E-state index >= 15 is 0 Å². The van der Waals surface area contributed by atoms with Crippen LogP contribution in [-0.2, 0) is 14.1 Å². The van der Waals surface area contributed by atoms with Gasteiger partial charge in [0.2, 0.25) is 0 Å². The van der Waals surface area contributed by atoms with Crippen molar-refractivity contribution in [3.63, 3.8) is 0 Å². The summed E-state index contributed by atoms with van der Waals surface area (Å²) in [6.45, 7) is 3.70. The van der Waals surface area contributed by atoms with E-state index in [4.69, 9.17) is 11.6 Å². The predicted molar refractivity (Wildman–Crippen MR) is 88.0 cm³/mol. The molecule has 3 aromatic rings. The van der Waals surface area contributed by atoms with E-state index in [0.717, 1.165) is 22.5 Å². The zero-order valence-electron chi connectivity index (χ0n) is 12.8. The SMILES string of the molecule is Cc1c(Nc2cc3c(cc2Cl)nc(C)n3C)cnn(C)c1=O. The van der Waals surface area contributed by atoms with Crippen molar-refractivity contribution in [1.29, 1.82) is 0 Å². The lowest BCUT2D eigenvalue weighted by Crippen LogP contribution is -2.22. The van der Waals surface area contributed by atoms with E-state index in [1.54, 1.807) is 20.2 Å². The molecule has 0 saturated heterocycles. The van der Waals surface area contributed by atoms with Gasteiger partial charge in [0, 0.05) is 19.7 Å². The molecule has 0 saturated carbocycles. The van der Waals surface area contributed by atoms with Gasteiger partial charge in [-0.2, -0.15) is 5.10 Å². The van der Waals surface area contributed by atoms with Gasteiger partial charge in [-0.15, -0.1) is 0 Å². The zero-order chi connectivity index (χ0) is 16.0. The van der Waals surface area contributed by atoms with Gasteiger partial charge >= 0.3 is 0 Å². The fourth-order valence-electron chi connectivity index (χ4n) is 2.35. The number of halogens is 1. The second kappa shape index (κ2) is 5.14. The molecule has 0 atom stereocenters. The van der Waals surface area contributed by atoms with E-state index in [1.165, 1.54) is 4.68 Å². The Hall–Kier alpha value is -2.34. The number of nitrogens with one attached hydrogen (secondary N) is 1. The van der Waals surface area contributed by atoms with Crippen molar-refractivity contribution in [3.8, 4) is 0 Å². The van der Waals surface area contributed by atoms with Crippen LogP contribution in [0.4, 0.5) is 11.4 Å². The van der Waals surface area contributed by atoms with E-state index in [-0.39, 0.29) is 5.56 Å². The molecular weight excluding hydrogens is 302 g/mol. The second-order valence-electron chi connectivity index (χ2n) is 5.28. The van der Waals surface area contributed by atoms with Gasteiger partial charge in [-0.25, -0.2) is 9.67 Å². The molecule has 22 heavy (non-hydrogen) atoms. The molecular formula is C15H16ClN5O. The van der Waals surface area contributed by atoms with Gasteiger partial charge in [0.1, 0.15) is 5.82 Å². The summed E-state index contributed by atoms with van der Waals surface area (Å²) >= 11 is 6.32. The van der Waals surface area contributed by atoms with Crippen LogP contribution in [0.5, 0.6) is 0 Å². The van der Waals surface area contributed by atoms with Gasteiger partial charge in [-0.3, -0.25) is 4.79 Å². The lowest BCUT2D eigenvalue weighted by molar-refractivity contribution is 0.702. The topological polar surface area (TPSA) is 64.7 Å². The van der Waals surface area contributed by atoms with Crippen molar-refractivity contribution < 1.29 is 0 Å². The summed E-state index contributed by atoms with van der Waals surface area (Å²) in [6.07, 6.45) is 1.62. The van der Waals surface area contributed by atoms with Crippen molar-refractivity contribution in [2.24, 2.45) is 14.1 Å². The van der Waals surface area contributed by atoms with Crippen LogP contribution in [0.3, 0.4) is 0 Å². The lowest BCUT2D eigenvalue weighted by atomic mass is 10.2. The predicted octanol–water partition coefficient (Wildman–Crippen LogP) is 2.68. The molecule has 7 heteroatoms. The third-order valence-corrected chi connectivity index (χ3v) is 4.15. The van der Waals surface area contributed by atoms with E-state index in [2.05, 4.69) is 15.4 Å². The highest BCUT2D eigenvalue weighted by molar-refractivity contribution is 6.34. The van der Waals surface area contributed by atoms with Gasteiger partial charge in [0.15, 0.2) is 0 Å². The first-order chi connectivity index (χ1) is 10.4. The Balaban J connectivity index is 2.11. The highest BCUT2D eigenvalue weighted by Crippen LogP contribution is 2.30. The quantitative estimate of drug-likeness (QED) is 0.789. The molecule has 114 valence electrons. The second-order valence-corrected chi connectivity index (χ2v) is 5.68. The van der Waals surface area contributed by atoms with E-state index in [9.17, 15) is 4.79 Å². The maximum absolute atomic E-state index is 11.9. The van der Waals surface area contributed by atoms with Crippen LogP contribution < -0.4 is 10.9 Å². The highest BCUT2D eigenvalue weighted by Gasteiger charge is 2.11. The van der Waals surface area contributed by atoms with Crippen molar-refractivity contribution in [2.45, 2.75) is 13.8 Å². The summed E-state index contributed by atoms with van der Waals surface area (Å²) in [6, 6.07) is 3.74. The average molecular weight is 318 g/mol. The van der Waals surface area contributed by atoms with Crippen LogP contribution in [-0.4, -0.2) is 19.3 Å². The number of anilines is 2. The molecule has 0 aliphatic rings. The molecule has 1 N–H and O–H groups in total. The first-order valence-electron chi connectivity index (χ1n) is 6.81. The van der Waals surface area contributed by atoms with E-state index in [0.29, 0.717) is 16.3 Å². The Kier molecular flexibility index (Phi) is 3.41. The fourth-order valence-corrected chi connectivity index (χ4v) is 2.56. The maximum atomic E-state index is 11.9. The van der Waals surface area contributed by atoms with Crippen LogP contribution in [0.2, 0.25) is 5.02 Å². The molecule has 2 heterocycles. The third-order valence-electron chi connectivity index (χ3n) is 3.84. The largest absolute Gasteiger partial charge is 0.353 e. The highest BCUT2D eigenvalue weighted by atomic mass is 35.5. The van der Waals surface area contributed by atoms with E-state index in [1.807, 2.05) is 30.7 Å². The van der Waals surface area contributed by atoms with Crippen molar-refractivity contribution >= 4 is 34.0 Å². The van der Waals surface area contributed by atoms with Crippen LogP contribution in [0.25, 0.3) is 11.0 Å². The van der Waals surface area contributed by atoms with Gasteiger partial charge < -0.3 is 9.88 Å². The molecule has 0 amide bonds. The number of hydrogen-bond donors (Lipinski definition) is 1. The summed E-state index contributed by atoms with van der Waals surface area (Å²) in [5.74, 6) is 0.912. The number of benzene rings is 1. The van der Waals surface area contributed by atoms with Crippen LogP contribution in [0.15, 0.2) is 23.1 Å². The van der Waals surface area contributed by atoms with E-state index < -0.39 is 0 Å². The number of hydrogen-bond acceptors (Lipinski definition) is 4. The Morgan fingerprint density at radius 2 is 1.91 bits per heavy atom. The number of fused-ring (bicyclic) bond motifs is 1. The Morgan fingerprint density at radius 3 is 2.64 bits per heavy atom. The molecule has 1 aromatic carbocycles. The molecule has 0 unspecified atom stereocenters. The summed E-state index contributed by atoms with van der Waals surface area (Å²) in [7, 11) is 3.57. The summed E-state index contributed by atoms with van der Waals surface area (Å²) in [5, 5.41) is 7.77. The lowest BCUT2D eigenvalue weighted by Gasteiger charge is -2.11. The summed E-state index contributed by atoms with van der Waals surface area (Å²) in [4.78, 5) is 16.4. The molecule has 3 rings (SSSR count). The molecule has 0 radical (unpaired) electrons. The van der Waals surface area contributed by atoms with Crippen LogP contribution in [0, 0.1) is 13.8 Å². The Morgan fingerprint density at radius 1 is 1.18 bits per heavy atom. The normalized spacial score (nSPS) is 11.1.